The van der Waals surface area contributed by atoms with Gasteiger partial charge in [-0.25, -0.2) is 0 Å². The predicted molar refractivity (Wildman–Crippen MR) is 66.7 cm³/mol. The summed E-state index contributed by atoms with van der Waals surface area (Å²) in [5.41, 5.74) is 3.43. The quantitative estimate of drug-likeness (QED) is 0.789. The molecule has 1 aliphatic heterocycles. The molecular formula is C11H13BrO2S. The van der Waals surface area contributed by atoms with Crippen molar-refractivity contribution in [2.24, 2.45) is 0 Å². The number of hydrogen-bond donors (Lipinski definition) is 1. The van der Waals surface area contributed by atoms with Crippen LogP contribution in [0.2, 0.25) is 0 Å². The molecule has 1 heterocycles. The Morgan fingerprint density at radius 2 is 2.27 bits per heavy atom. The third kappa shape index (κ3) is 1.90. The zero-order valence-corrected chi connectivity index (χ0v) is 11.1. The van der Waals surface area contributed by atoms with Crippen LogP contribution < -0.4 is 4.74 Å². The number of halogens is 1. The van der Waals surface area contributed by atoms with Gasteiger partial charge in [0, 0.05) is 10.0 Å². The molecule has 2 nitrogen and oxygen atoms in total. The van der Waals surface area contributed by atoms with Gasteiger partial charge in [0.25, 0.3) is 0 Å². The van der Waals surface area contributed by atoms with Crippen molar-refractivity contribution in [2.75, 3.05) is 6.61 Å². The summed E-state index contributed by atoms with van der Waals surface area (Å²) in [5, 5.41) is 0.143. The molecule has 1 aromatic rings. The fourth-order valence-corrected chi connectivity index (χ4v) is 3.12. The van der Waals surface area contributed by atoms with Crippen LogP contribution in [-0.4, -0.2) is 11.2 Å². The van der Waals surface area contributed by atoms with Crippen molar-refractivity contribution >= 4 is 28.0 Å². The van der Waals surface area contributed by atoms with Crippen molar-refractivity contribution in [3.8, 4) is 5.75 Å². The molecule has 4 heteroatoms. The molecule has 82 valence electrons. The minimum Gasteiger partial charge on any atom is -0.493 e. The van der Waals surface area contributed by atoms with Crippen LogP contribution in [0.3, 0.4) is 0 Å². The van der Waals surface area contributed by atoms with Gasteiger partial charge in [0.05, 0.1) is 11.9 Å². The Kier molecular flexibility index (Phi) is 3.28. The minimum absolute atomic E-state index is 0.143. The first-order valence-corrected chi connectivity index (χ1v) is 6.50. The summed E-state index contributed by atoms with van der Waals surface area (Å²) in [6.07, 6.45) is 0.866. The molecule has 1 atom stereocenters. The molecule has 0 saturated heterocycles. The minimum atomic E-state index is 0.143. The second-order valence-corrected chi connectivity index (χ2v) is 5.41. The van der Waals surface area contributed by atoms with E-state index in [2.05, 4.69) is 28.9 Å². The summed E-state index contributed by atoms with van der Waals surface area (Å²) >= 11 is 4.45. The molecule has 15 heavy (non-hydrogen) atoms. The Morgan fingerprint density at radius 1 is 1.53 bits per heavy atom. The highest BCUT2D eigenvalue weighted by atomic mass is 79.9. The SMILES string of the molecule is Cc1cc(Br)c(C)c2c1OCCC2SO. The molecule has 0 saturated carbocycles. The second kappa shape index (κ2) is 4.36. The molecule has 1 aliphatic rings. The molecule has 0 amide bonds. The summed E-state index contributed by atoms with van der Waals surface area (Å²) < 4.78 is 16.1. The van der Waals surface area contributed by atoms with E-state index in [0.29, 0.717) is 6.61 Å². The van der Waals surface area contributed by atoms with Crippen LogP contribution >= 0.6 is 28.0 Å². The monoisotopic (exact) mass is 288 g/mol. The smallest absolute Gasteiger partial charge is 0.126 e. The number of fused-ring (bicyclic) bond motifs is 1. The molecule has 1 unspecified atom stereocenters. The predicted octanol–water partition coefficient (Wildman–Crippen LogP) is 4.10. The average molecular weight is 289 g/mol. The van der Waals surface area contributed by atoms with Crippen LogP contribution in [0.25, 0.3) is 0 Å². The maximum absolute atomic E-state index is 9.29. The zero-order valence-electron chi connectivity index (χ0n) is 8.71. The van der Waals surface area contributed by atoms with Crippen LogP contribution in [0.15, 0.2) is 10.5 Å². The molecule has 0 fully saturated rings. The Morgan fingerprint density at radius 3 is 2.93 bits per heavy atom. The van der Waals surface area contributed by atoms with E-state index < -0.39 is 0 Å². The Hall–Kier alpha value is -0.190. The van der Waals surface area contributed by atoms with Crippen LogP contribution in [0.1, 0.15) is 28.4 Å². The molecular weight excluding hydrogens is 276 g/mol. The first kappa shape index (κ1) is 11.3. The summed E-state index contributed by atoms with van der Waals surface area (Å²) in [4.78, 5) is 0. The summed E-state index contributed by atoms with van der Waals surface area (Å²) in [6, 6.07) is 2.07. The van der Waals surface area contributed by atoms with Gasteiger partial charge < -0.3 is 9.29 Å². The van der Waals surface area contributed by atoms with Gasteiger partial charge in [0.1, 0.15) is 5.75 Å². The zero-order chi connectivity index (χ0) is 11.0. The number of ether oxygens (including phenoxy) is 1. The van der Waals surface area contributed by atoms with E-state index in [1.807, 2.05) is 6.92 Å². The lowest BCUT2D eigenvalue weighted by atomic mass is 9.97. The van der Waals surface area contributed by atoms with Gasteiger partial charge in [-0.05, 0) is 49.5 Å². The molecule has 0 aliphatic carbocycles. The molecule has 0 aromatic heterocycles. The van der Waals surface area contributed by atoms with Gasteiger partial charge in [-0.2, -0.15) is 0 Å². The topological polar surface area (TPSA) is 29.5 Å². The van der Waals surface area contributed by atoms with Crippen LogP contribution in [0.5, 0.6) is 5.75 Å². The van der Waals surface area contributed by atoms with Crippen molar-refractivity contribution in [3.63, 3.8) is 0 Å². The first-order chi connectivity index (χ1) is 7.15. The lowest BCUT2D eigenvalue weighted by Gasteiger charge is -2.27. The van der Waals surface area contributed by atoms with E-state index in [1.54, 1.807) is 0 Å². The molecule has 0 bridgehead atoms. The fourth-order valence-electron chi connectivity index (χ4n) is 1.97. The largest absolute Gasteiger partial charge is 0.493 e. The van der Waals surface area contributed by atoms with Crippen LogP contribution in [-0.2, 0) is 0 Å². The van der Waals surface area contributed by atoms with Crippen molar-refractivity contribution in [3.05, 3.63) is 27.2 Å². The fraction of sp³-hybridized carbons (Fsp3) is 0.455. The van der Waals surface area contributed by atoms with E-state index in [1.165, 1.54) is 5.56 Å². The normalized spacial score (nSPS) is 19.6. The lowest BCUT2D eigenvalue weighted by Crippen LogP contribution is -2.14. The van der Waals surface area contributed by atoms with Crippen LogP contribution in [0.4, 0.5) is 0 Å². The third-order valence-corrected chi connectivity index (χ3v) is 4.33. The highest BCUT2D eigenvalue weighted by Crippen LogP contribution is 2.45. The lowest BCUT2D eigenvalue weighted by molar-refractivity contribution is 0.282. The Labute approximate surface area is 102 Å². The molecule has 0 radical (unpaired) electrons. The number of rotatable bonds is 1. The van der Waals surface area contributed by atoms with Gasteiger partial charge in [0.2, 0.25) is 0 Å². The van der Waals surface area contributed by atoms with E-state index >= 15 is 0 Å². The number of aryl methyl sites for hydroxylation is 1. The molecule has 2 rings (SSSR count). The maximum atomic E-state index is 9.29. The van der Waals surface area contributed by atoms with Gasteiger partial charge in [-0.15, -0.1) is 0 Å². The third-order valence-electron chi connectivity index (χ3n) is 2.78. The number of hydrogen-bond acceptors (Lipinski definition) is 3. The standard InChI is InChI=1S/C11H13BrO2S/c1-6-5-8(12)7(2)10-9(15-13)3-4-14-11(6)10/h5,9,13H,3-4H2,1-2H3. The summed E-state index contributed by atoms with van der Waals surface area (Å²) in [5.74, 6) is 0.952. The summed E-state index contributed by atoms with van der Waals surface area (Å²) in [7, 11) is 0. The van der Waals surface area contributed by atoms with Gasteiger partial charge in [-0.3, -0.25) is 0 Å². The molecule has 1 N–H and O–H groups in total. The average Bonchev–Trinajstić information content (AvgIpc) is 2.25. The summed E-state index contributed by atoms with van der Waals surface area (Å²) in [6.45, 7) is 4.78. The van der Waals surface area contributed by atoms with Crippen molar-refractivity contribution in [1.29, 1.82) is 0 Å². The number of benzene rings is 1. The maximum Gasteiger partial charge on any atom is 0.126 e. The van der Waals surface area contributed by atoms with Gasteiger partial charge in [0.15, 0.2) is 0 Å². The van der Waals surface area contributed by atoms with Gasteiger partial charge in [-0.1, -0.05) is 15.9 Å². The first-order valence-electron chi connectivity index (χ1n) is 4.87. The van der Waals surface area contributed by atoms with Gasteiger partial charge >= 0.3 is 0 Å². The van der Waals surface area contributed by atoms with E-state index in [0.717, 1.165) is 39.8 Å². The van der Waals surface area contributed by atoms with E-state index in [-0.39, 0.29) is 5.25 Å². The Bertz CT molecular complexity index is 393. The second-order valence-electron chi connectivity index (χ2n) is 3.77. The van der Waals surface area contributed by atoms with Crippen molar-refractivity contribution in [2.45, 2.75) is 25.5 Å². The molecule has 1 aromatic carbocycles. The highest BCUT2D eigenvalue weighted by Gasteiger charge is 2.26. The van der Waals surface area contributed by atoms with E-state index in [9.17, 15) is 4.55 Å². The van der Waals surface area contributed by atoms with Crippen LogP contribution in [0, 0.1) is 13.8 Å². The van der Waals surface area contributed by atoms with Crippen molar-refractivity contribution < 1.29 is 9.29 Å². The van der Waals surface area contributed by atoms with E-state index in [4.69, 9.17) is 4.74 Å². The highest BCUT2D eigenvalue weighted by molar-refractivity contribution is 9.10. The van der Waals surface area contributed by atoms with Crippen molar-refractivity contribution in [1.82, 2.24) is 0 Å². The molecule has 0 spiro atoms. The Balaban J connectivity index is 2.62.